The Bertz CT molecular complexity index is 504. The number of benzene rings is 1. The summed E-state index contributed by atoms with van der Waals surface area (Å²) in [5, 5.41) is 0.778. The Morgan fingerprint density at radius 3 is 2.71 bits per heavy atom. The van der Waals surface area contributed by atoms with Crippen molar-refractivity contribution in [3.63, 3.8) is 0 Å². The molecule has 1 unspecified atom stereocenters. The SMILES string of the molecule is CC(C)CCC(N)c1cc2cc(F)ccc2o1. The van der Waals surface area contributed by atoms with Gasteiger partial charge in [0.15, 0.2) is 0 Å². The first kappa shape index (κ1) is 12.1. The summed E-state index contributed by atoms with van der Waals surface area (Å²) in [6, 6.07) is 6.24. The Morgan fingerprint density at radius 2 is 2.00 bits per heavy atom. The summed E-state index contributed by atoms with van der Waals surface area (Å²) in [6.07, 6.45) is 1.95. The van der Waals surface area contributed by atoms with Crippen LogP contribution in [0.25, 0.3) is 11.0 Å². The van der Waals surface area contributed by atoms with Crippen LogP contribution in [0.2, 0.25) is 0 Å². The van der Waals surface area contributed by atoms with Crippen LogP contribution in [-0.2, 0) is 0 Å². The number of halogens is 1. The van der Waals surface area contributed by atoms with Gasteiger partial charge >= 0.3 is 0 Å². The zero-order valence-electron chi connectivity index (χ0n) is 10.2. The molecule has 0 amide bonds. The first-order valence-corrected chi connectivity index (χ1v) is 6.01. The van der Waals surface area contributed by atoms with E-state index in [0.29, 0.717) is 11.5 Å². The second kappa shape index (κ2) is 4.88. The highest BCUT2D eigenvalue weighted by Crippen LogP contribution is 2.26. The maximum absolute atomic E-state index is 13.0. The Kier molecular flexibility index (Phi) is 3.48. The quantitative estimate of drug-likeness (QED) is 0.869. The standard InChI is InChI=1S/C14H18FNO/c1-9(2)3-5-12(16)14-8-10-7-11(15)4-6-13(10)17-14/h4,6-9,12H,3,5,16H2,1-2H3. The van der Waals surface area contributed by atoms with Crippen molar-refractivity contribution in [2.45, 2.75) is 32.7 Å². The van der Waals surface area contributed by atoms with Crippen LogP contribution in [0.5, 0.6) is 0 Å². The van der Waals surface area contributed by atoms with Crippen molar-refractivity contribution in [1.82, 2.24) is 0 Å². The molecule has 0 saturated carbocycles. The van der Waals surface area contributed by atoms with Gasteiger partial charge in [-0.05, 0) is 43.0 Å². The lowest BCUT2D eigenvalue weighted by Gasteiger charge is -2.09. The average Bonchev–Trinajstić information content (AvgIpc) is 2.68. The molecule has 1 aromatic carbocycles. The fraction of sp³-hybridized carbons (Fsp3) is 0.429. The van der Waals surface area contributed by atoms with Crippen LogP contribution in [-0.4, -0.2) is 0 Å². The van der Waals surface area contributed by atoms with Gasteiger partial charge in [-0.15, -0.1) is 0 Å². The average molecular weight is 235 g/mol. The van der Waals surface area contributed by atoms with Crippen molar-refractivity contribution < 1.29 is 8.81 Å². The largest absolute Gasteiger partial charge is 0.459 e. The molecule has 2 nitrogen and oxygen atoms in total. The molecule has 17 heavy (non-hydrogen) atoms. The van der Waals surface area contributed by atoms with Crippen molar-refractivity contribution in [1.29, 1.82) is 0 Å². The molecule has 0 spiro atoms. The van der Waals surface area contributed by atoms with Crippen LogP contribution in [0.1, 0.15) is 38.5 Å². The third kappa shape index (κ3) is 2.86. The summed E-state index contributed by atoms with van der Waals surface area (Å²) in [6.45, 7) is 4.33. The molecule has 0 aliphatic rings. The van der Waals surface area contributed by atoms with Gasteiger partial charge in [0, 0.05) is 5.39 Å². The van der Waals surface area contributed by atoms with Gasteiger partial charge in [-0.3, -0.25) is 0 Å². The van der Waals surface area contributed by atoms with Gasteiger partial charge < -0.3 is 10.2 Å². The molecule has 1 atom stereocenters. The van der Waals surface area contributed by atoms with E-state index >= 15 is 0 Å². The third-order valence-corrected chi connectivity index (χ3v) is 2.92. The third-order valence-electron chi connectivity index (χ3n) is 2.92. The number of rotatable bonds is 4. The minimum absolute atomic E-state index is 0.104. The summed E-state index contributed by atoms with van der Waals surface area (Å²) in [4.78, 5) is 0. The van der Waals surface area contributed by atoms with Crippen LogP contribution < -0.4 is 5.73 Å². The first-order chi connectivity index (χ1) is 8.06. The van der Waals surface area contributed by atoms with Crippen LogP contribution in [0.4, 0.5) is 4.39 Å². The minimum atomic E-state index is -0.249. The predicted molar refractivity (Wildman–Crippen MR) is 67.2 cm³/mol. The molecule has 1 heterocycles. The first-order valence-electron chi connectivity index (χ1n) is 6.01. The summed E-state index contributed by atoms with van der Waals surface area (Å²) in [5.41, 5.74) is 6.75. The van der Waals surface area contributed by atoms with E-state index < -0.39 is 0 Å². The Hall–Kier alpha value is -1.35. The molecule has 2 aromatic rings. The van der Waals surface area contributed by atoms with Gasteiger partial charge in [-0.25, -0.2) is 4.39 Å². The van der Waals surface area contributed by atoms with E-state index in [0.717, 1.165) is 24.0 Å². The zero-order valence-corrected chi connectivity index (χ0v) is 10.2. The fourth-order valence-electron chi connectivity index (χ4n) is 1.87. The topological polar surface area (TPSA) is 39.2 Å². The molecular formula is C14H18FNO. The lowest BCUT2D eigenvalue weighted by Crippen LogP contribution is -2.10. The highest BCUT2D eigenvalue weighted by Gasteiger charge is 2.12. The molecule has 2 rings (SSSR count). The number of furan rings is 1. The molecule has 0 fully saturated rings. The van der Waals surface area contributed by atoms with E-state index in [1.165, 1.54) is 12.1 Å². The lowest BCUT2D eigenvalue weighted by molar-refractivity contribution is 0.440. The van der Waals surface area contributed by atoms with Crippen molar-refractivity contribution in [2.75, 3.05) is 0 Å². The van der Waals surface area contributed by atoms with Gasteiger partial charge in [0.1, 0.15) is 17.2 Å². The van der Waals surface area contributed by atoms with Gasteiger partial charge in [-0.1, -0.05) is 13.8 Å². The molecule has 3 heteroatoms. The summed E-state index contributed by atoms with van der Waals surface area (Å²) in [7, 11) is 0. The van der Waals surface area contributed by atoms with E-state index in [-0.39, 0.29) is 11.9 Å². The zero-order chi connectivity index (χ0) is 12.4. The Balaban J connectivity index is 2.18. The summed E-state index contributed by atoms with van der Waals surface area (Å²) < 4.78 is 18.7. The van der Waals surface area contributed by atoms with E-state index in [1.807, 2.05) is 6.07 Å². The van der Waals surface area contributed by atoms with Crippen molar-refractivity contribution in [3.05, 3.63) is 35.8 Å². The number of fused-ring (bicyclic) bond motifs is 1. The molecule has 0 bridgehead atoms. The van der Waals surface area contributed by atoms with Crippen molar-refractivity contribution in [3.8, 4) is 0 Å². The fourth-order valence-corrected chi connectivity index (χ4v) is 1.87. The highest BCUT2D eigenvalue weighted by molar-refractivity contribution is 5.77. The Labute approximate surface area is 101 Å². The molecule has 0 aliphatic carbocycles. The van der Waals surface area contributed by atoms with Crippen LogP contribution >= 0.6 is 0 Å². The normalized spacial score (nSPS) is 13.5. The lowest BCUT2D eigenvalue weighted by atomic mass is 10.0. The molecular weight excluding hydrogens is 217 g/mol. The van der Waals surface area contributed by atoms with Crippen molar-refractivity contribution >= 4 is 11.0 Å². The van der Waals surface area contributed by atoms with E-state index in [1.54, 1.807) is 6.07 Å². The van der Waals surface area contributed by atoms with Gasteiger partial charge in [0.2, 0.25) is 0 Å². The second-order valence-electron chi connectivity index (χ2n) is 4.91. The van der Waals surface area contributed by atoms with E-state index in [2.05, 4.69) is 13.8 Å². The predicted octanol–water partition coefficient (Wildman–Crippen LogP) is 4.01. The smallest absolute Gasteiger partial charge is 0.134 e. The van der Waals surface area contributed by atoms with E-state index in [4.69, 9.17) is 10.2 Å². The van der Waals surface area contributed by atoms with Gasteiger partial charge in [0.25, 0.3) is 0 Å². The summed E-state index contributed by atoms with van der Waals surface area (Å²) in [5.74, 6) is 1.12. The highest BCUT2D eigenvalue weighted by atomic mass is 19.1. The van der Waals surface area contributed by atoms with Gasteiger partial charge in [0.05, 0.1) is 6.04 Å². The maximum atomic E-state index is 13.0. The van der Waals surface area contributed by atoms with Crippen LogP contribution in [0, 0.1) is 11.7 Å². The minimum Gasteiger partial charge on any atom is -0.459 e. The Morgan fingerprint density at radius 1 is 1.24 bits per heavy atom. The monoisotopic (exact) mass is 235 g/mol. The molecule has 0 radical (unpaired) electrons. The molecule has 92 valence electrons. The number of hydrogen-bond donors (Lipinski definition) is 1. The van der Waals surface area contributed by atoms with Crippen molar-refractivity contribution in [2.24, 2.45) is 11.7 Å². The van der Waals surface area contributed by atoms with Gasteiger partial charge in [-0.2, -0.15) is 0 Å². The molecule has 2 N–H and O–H groups in total. The van der Waals surface area contributed by atoms with Crippen LogP contribution in [0.15, 0.2) is 28.7 Å². The maximum Gasteiger partial charge on any atom is 0.134 e. The number of nitrogens with two attached hydrogens (primary N) is 1. The molecule has 0 aliphatic heterocycles. The number of hydrogen-bond acceptors (Lipinski definition) is 2. The molecule has 0 saturated heterocycles. The summed E-state index contributed by atoms with van der Waals surface area (Å²) >= 11 is 0. The second-order valence-corrected chi connectivity index (χ2v) is 4.91. The van der Waals surface area contributed by atoms with Crippen LogP contribution in [0.3, 0.4) is 0 Å². The van der Waals surface area contributed by atoms with E-state index in [9.17, 15) is 4.39 Å². The molecule has 1 aromatic heterocycles.